The van der Waals surface area contributed by atoms with Crippen LogP contribution in [-0.2, 0) is 36.9 Å². The number of carboxylic acids is 1. The number of nitrogens with zero attached hydrogens (tertiary/aromatic N) is 1. The number of aliphatic carboxylic acids is 1. The number of ether oxygens (including phenoxy) is 2. The molecule has 16 heteroatoms. The van der Waals surface area contributed by atoms with Crippen molar-refractivity contribution in [2.24, 2.45) is 11.8 Å². The molecule has 1 aliphatic carbocycles. The van der Waals surface area contributed by atoms with E-state index in [0.29, 0.717) is 43.1 Å². The number of carboxylic acid groups (broad SMARTS) is 1. The second kappa shape index (κ2) is 11.2. The number of esters is 1. The zero-order valence-electron chi connectivity index (χ0n) is 22.6. The molecular formula is C27H26F7NO7S. The Hall–Kier alpha value is -3.56. The van der Waals surface area contributed by atoms with E-state index in [0.717, 1.165) is 6.07 Å². The number of hydrogen-bond donors (Lipinski definition) is 1. The summed E-state index contributed by atoms with van der Waals surface area (Å²) >= 11 is 0. The van der Waals surface area contributed by atoms with E-state index < -0.39 is 81.2 Å². The Morgan fingerprint density at radius 2 is 1.72 bits per heavy atom. The van der Waals surface area contributed by atoms with Crippen LogP contribution in [0.2, 0.25) is 0 Å². The molecule has 1 aliphatic heterocycles. The van der Waals surface area contributed by atoms with Crippen LogP contribution >= 0.6 is 0 Å². The predicted molar refractivity (Wildman–Crippen MR) is 135 cm³/mol. The van der Waals surface area contributed by atoms with Crippen molar-refractivity contribution in [3.8, 4) is 5.75 Å². The molecule has 2 aromatic rings. The summed E-state index contributed by atoms with van der Waals surface area (Å²) in [5, 5.41) is 9.43. The molecule has 2 aromatic carbocycles. The summed E-state index contributed by atoms with van der Waals surface area (Å²) in [4.78, 5) is 23.0. The smallest absolute Gasteiger partial charge is 0.427 e. The monoisotopic (exact) mass is 641 g/mol. The van der Waals surface area contributed by atoms with E-state index in [1.807, 2.05) is 0 Å². The number of sulfonamides is 1. The number of carbonyl (C=O) groups is 2. The van der Waals surface area contributed by atoms with E-state index in [9.17, 15) is 53.8 Å². The van der Waals surface area contributed by atoms with E-state index in [4.69, 9.17) is 4.74 Å². The number of halogens is 7. The molecule has 0 aromatic heterocycles. The maximum absolute atomic E-state index is 14.0. The van der Waals surface area contributed by atoms with Gasteiger partial charge in [-0.1, -0.05) is 6.07 Å². The zero-order chi connectivity index (χ0) is 32.1. The second-order valence-electron chi connectivity index (χ2n) is 10.9. The quantitative estimate of drug-likeness (QED) is 0.275. The number of fused-ring (bicyclic) bond motifs is 1. The Bertz CT molecular complexity index is 1520. The molecular weight excluding hydrogens is 615 g/mol. The minimum atomic E-state index is -5.22. The number of anilines is 1. The molecule has 43 heavy (non-hydrogen) atoms. The van der Waals surface area contributed by atoms with Gasteiger partial charge in [0.1, 0.15) is 17.7 Å². The highest BCUT2D eigenvalue weighted by molar-refractivity contribution is 7.92. The van der Waals surface area contributed by atoms with Gasteiger partial charge in [-0.05, 0) is 68.5 Å². The lowest BCUT2D eigenvalue weighted by Crippen LogP contribution is -2.47. The molecule has 2 aliphatic rings. The number of hydrogen-bond acceptors (Lipinski definition) is 6. The summed E-state index contributed by atoms with van der Waals surface area (Å²) in [6, 6.07) is 4.70. The SMILES string of the molecule is CC(C)(OC(=O)Cc1ccc2c(c1)N(S(=O)(=O)c1ccc(F)c(C(F)(F)F)c1)C[C@H]([C@H](CC(=O)O)C1CC1)O2)C(F)(F)F. The van der Waals surface area contributed by atoms with Crippen molar-refractivity contribution in [3.05, 3.63) is 53.3 Å². The summed E-state index contributed by atoms with van der Waals surface area (Å²) in [5.74, 6) is -5.08. The number of benzene rings is 2. The van der Waals surface area contributed by atoms with Gasteiger partial charge >= 0.3 is 24.3 Å². The fraction of sp³-hybridized carbons (Fsp3) is 0.481. The topological polar surface area (TPSA) is 110 Å². The Balaban J connectivity index is 1.76. The zero-order valence-corrected chi connectivity index (χ0v) is 23.4. The molecule has 4 rings (SSSR count). The molecule has 236 valence electrons. The fourth-order valence-corrected chi connectivity index (χ4v) is 6.27. The summed E-state index contributed by atoms with van der Waals surface area (Å²) in [6.07, 6.45) is -11.0. The molecule has 1 saturated carbocycles. The van der Waals surface area contributed by atoms with Gasteiger partial charge in [0, 0.05) is 5.92 Å². The van der Waals surface area contributed by atoms with Crippen LogP contribution in [0, 0.1) is 17.7 Å². The first-order valence-corrected chi connectivity index (χ1v) is 14.3. The van der Waals surface area contributed by atoms with Gasteiger partial charge in [0.15, 0.2) is 0 Å². The Morgan fingerprint density at radius 1 is 1.07 bits per heavy atom. The third-order valence-corrected chi connectivity index (χ3v) is 9.04. The Kier molecular flexibility index (Phi) is 8.41. The second-order valence-corrected chi connectivity index (χ2v) is 12.8. The van der Waals surface area contributed by atoms with Crippen molar-refractivity contribution >= 4 is 27.6 Å². The third kappa shape index (κ3) is 6.99. The highest BCUT2D eigenvalue weighted by Crippen LogP contribution is 2.46. The first-order valence-electron chi connectivity index (χ1n) is 12.9. The lowest BCUT2D eigenvalue weighted by molar-refractivity contribution is -0.257. The van der Waals surface area contributed by atoms with Crippen LogP contribution in [0.1, 0.15) is 44.2 Å². The van der Waals surface area contributed by atoms with Crippen molar-refractivity contribution in [1.29, 1.82) is 0 Å². The molecule has 1 heterocycles. The number of carbonyl (C=O) groups excluding carboxylic acids is 1. The molecule has 0 unspecified atom stereocenters. The van der Waals surface area contributed by atoms with Crippen LogP contribution in [0.4, 0.5) is 36.4 Å². The first-order chi connectivity index (χ1) is 19.7. The van der Waals surface area contributed by atoms with E-state index >= 15 is 0 Å². The number of rotatable bonds is 9. The summed E-state index contributed by atoms with van der Waals surface area (Å²) < 4.78 is 133. The molecule has 0 spiro atoms. The van der Waals surface area contributed by atoms with Crippen molar-refractivity contribution in [3.63, 3.8) is 0 Å². The lowest BCUT2D eigenvalue weighted by atomic mass is 9.92. The van der Waals surface area contributed by atoms with E-state index in [2.05, 4.69) is 4.74 Å². The van der Waals surface area contributed by atoms with Crippen LogP contribution < -0.4 is 9.04 Å². The van der Waals surface area contributed by atoms with Gasteiger partial charge in [-0.2, -0.15) is 26.3 Å². The van der Waals surface area contributed by atoms with Crippen LogP contribution in [0.3, 0.4) is 0 Å². The summed E-state index contributed by atoms with van der Waals surface area (Å²) in [7, 11) is -4.89. The van der Waals surface area contributed by atoms with E-state index in [1.54, 1.807) is 0 Å². The third-order valence-electron chi connectivity index (χ3n) is 7.26. The van der Waals surface area contributed by atoms with Crippen molar-refractivity contribution < 1.29 is 63.3 Å². The first kappa shape index (κ1) is 32.4. The average molecular weight is 642 g/mol. The van der Waals surface area contributed by atoms with Crippen LogP contribution in [0.15, 0.2) is 41.3 Å². The standard InChI is InChI=1S/C27H26F7NO7S/c1-25(2,27(32,33)34)42-24(38)10-14-3-8-21-20(9-14)35(13-22(41-21)17(12-23(36)37)15-4-5-15)43(39,40)16-6-7-19(28)18(11-16)26(29,30)31/h3,6-9,11,15,17,22H,4-5,10,12-13H2,1-2H3,(H,36,37)/t17-,22-/m1/s1. The Labute approximate surface area is 241 Å². The van der Waals surface area contributed by atoms with Gasteiger partial charge in [-0.3, -0.25) is 13.9 Å². The van der Waals surface area contributed by atoms with Gasteiger partial charge in [0.2, 0.25) is 5.60 Å². The maximum Gasteiger partial charge on any atom is 0.427 e. The summed E-state index contributed by atoms with van der Waals surface area (Å²) in [6.45, 7) is 0.744. The normalized spacial score (nSPS) is 18.4. The van der Waals surface area contributed by atoms with Gasteiger partial charge in [0.05, 0.1) is 35.5 Å². The molecule has 1 fully saturated rings. The number of alkyl halides is 6. The minimum Gasteiger partial charge on any atom is -0.486 e. The van der Waals surface area contributed by atoms with E-state index in [-0.39, 0.29) is 35.4 Å². The molecule has 0 bridgehead atoms. The minimum absolute atomic E-state index is 0.0108. The van der Waals surface area contributed by atoms with Crippen molar-refractivity contribution in [1.82, 2.24) is 0 Å². The molecule has 8 nitrogen and oxygen atoms in total. The van der Waals surface area contributed by atoms with Gasteiger partial charge in [0.25, 0.3) is 10.0 Å². The van der Waals surface area contributed by atoms with Gasteiger partial charge in [-0.15, -0.1) is 0 Å². The highest BCUT2D eigenvalue weighted by Gasteiger charge is 2.51. The van der Waals surface area contributed by atoms with Gasteiger partial charge < -0.3 is 14.6 Å². The largest absolute Gasteiger partial charge is 0.486 e. The van der Waals surface area contributed by atoms with E-state index in [1.165, 1.54) is 12.1 Å². The van der Waals surface area contributed by atoms with Crippen LogP contribution in [-0.4, -0.2) is 49.9 Å². The van der Waals surface area contributed by atoms with Crippen LogP contribution in [0.25, 0.3) is 0 Å². The molecule has 0 saturated heterocycles. The molecule has 1 N–H and O–H groups in total. The van der Waals surface area contributed by atoms with Gasteiger partial charge in [-0.25, -0.2) is 12.8 Å². The summed E-state index contributed by atoms with van der Waals surface area (Å²) in [5.41, 5.74) is -4.93. The molecule has 0 amide bonds. The molecule has 2 atom stereocenters. The fourth-order valence-electron chi connectivity index (χ4n) is 4.76. The molecule has 0 radical (unpaired) electrons. The van der Waals surface area contributed by atoms with Crippen molar-refractivity contribution in [2.45, 2.75) is 68.5 Å². The average Bonchev–Trinajstić information content (AvgIpc) is 3.70. The Morgan fingerprint density at radius 3 is 2.28 bits per heavy atom. The highest BCUT2D eigenvalue weighted by atomic mass is 32.2. The maximum atomic E-state index is 14.0. The van der Waals surface area contributed by atoms with Crippen molar-refractivity contribution in [2.75, 3.05) is 10.8 Å². The predicted octanol–water partition coefficient (Wildman–Crippen LogP) is 5.73. The lowest BCUT2D eigenvalue weighted by Gasteiger charge is -2.39. The van der Waals surface area contributed by atoms with Crippen LogP contribution in [0.5, 0.6) is 5.75 Å².